The maximum Gasteiger partial charge on any atom is 0.320 e. The Balaban J connectivity index is 2.09. The Morgan fingerprint density at radius 1 is 1.41 bits per heavy atom. The lowest BCUT2D eigenvalue weighted by atomic mass is 10.1. The number of halogens is 1. The number of rotatable bonds is 7. The van der Waals surface area contributed by atoms with E-state index in [1.807, 2.05) is 26.0 Å². The van der Waals surface area contributed by atoms with E-state index in [-0.39, 0.29) is 6.54 Å². The molecule has 118 valence electrons. The van der Waals surface area contributed by atoms with Crippen LogP contribution < -0.4 is 5.32 Å². The third-order valence-electron chi connectivity index (χ3n) is 3.32. The number of nitrogens with zero attached hydrogens (tertiary/aromatic N) is 1. The van der Waals surface area contributed by atoms with Crippen molar-refractivity contribution < 1.29 is 14.3 Å². The number of hydrogen-bond donors (Lipinski definition) is 2. The molecule has 0 saturated carbocycles. The van der Waals surface area contributed by atoms with Crippen molar-refractivity contribution in [2.45, 2.75) is 39.3 Å². The molecule has 0 saturated heterocycles. The average Bonchev–Trinajstić information content (AvgIpc) is 2.85. The van der Waals surface area contributed by atoms with Gasteiger partial charge in [0.1, 0.15) is 6.04 Å². The molecule has 1 unspecified atom stereocenters. The largest absolute Gasteiger partial charge is 0.480 e. The van der Waals surface area contributed by atoms with Crippen LogP contribution in [-0.2, 0) is 11.3 Å². The molecule has 0 spiro atoms. The van der Waals surface area contributed by atoms with Crippen molar-refractivity contribution in [1.29, 1.82) is 0 Å². The summed E-state index contributed by atoms with van der Waals surface area (Å²) in [6, 6.07) is 6.72. The monoisotopic (exact) mass is 322 g/mol. The first-order valence-electron chi connectivity index (χ1n) is 7.19. The van der Waals surface area contributed by atoms with Crippen LogP contribution >= 0.6 is 11.6 Å². The van der Waals surface area contributed by atoms with Crippen LogP contribution in [0.15, 0.2) is 28.7 Å². The van der Waals surface area contributed by atoms with Crippen molar-refractivity contribution in [2.75, 3.05) is 0 Å². The van der Waals surface area contributed by atoms with Gasteiger partial charge in [0, 0.05) is 10.6 Å². The highest BCUT2D eigenvalue weighted by molar-refractivity contribution is 6.30. The molecule has 1 heterocycles. The SMILES string of the molecule is CCCC(NCc1nc(C)c(-c2ccc(Cl)cc2)o1)C(=O)O. The molecule has 2 aromatic rings. The lowest BCUT2D eigenvalue weighted by Crippen LogP contribution is -2.36. The molecule has 2 N–H and O–H groups in total. The molecule has 1 aromatic heterocycles. The molecule has 0 fully saturated rings. The number of carboxylic acid groups (broad SMARTS) is 1. The summed E-state index contributed by atoms with van der Waals surface area (Å²) in [7, 11) is 0. The molecule has 0 aliphatic heterocycles. The number of benzene rings is 1. The van der Waals surface area contributed by atoms with E-state index in [1.54, 1.807) is 12.1 Å². The predicted octanol–water partition coefficient (Wildman–Crippen LogP) is 3.65. The van der Waals surface area contributed by atoms with E-state index in [2.05, 4.69) is 10.3 Å². The molecule has 2 rings (SSSR count). The van der Waals surface area contributed by atoms with Gasteiger partial charge >= 0.3 is 5.97 Å². The molecule has 0 radical (unpaired) electrons. The van der Waals surface area contributed by atoms with Crippen LogP contribution in [0.4, 0.5) is 0 Å². The number of oxazole rings is 1. The van der Waals surface area contributed by atoms with Gasteiger partial charge in [0.15, 0.2) is 5.76 Å². The van der Waals surface area contributed by atoms with E-state index in [9.17, 15) is 4.79 Å². The van der Waals surface area contributed by atoms with Crippen molar-refractivity contribution in [1.82, 2.24) is 10.3 Å². The fourth-order valence-electron chi connectivity index (χ4n) is 2.21. The fraction of sp³-hybridized carbons (Fsp3) is 0.375. The third-order valence-corrected chi connectivity index (χ3v) is 3.57. The first kappa shape index (κ1) is 16.5. The zero-order valence-corrected chi connectivity index (χ0v) is 13.4. The van der Waals surface area contributed by atoms with E-state index in [0.29, 0.717) is 23.1 Å². The van der Waals surface area contributed by atoms with E-state index >= 15 is 0 Å². The lowest BCUT2D eigenvalue weighted by molar-refractivity contribution is -0.139. The van der Waals surface area contributed by atoms with Crippen LogP contribution in [0, 0.1) is 6.92 Å². The van der Waals surface area contributed by atoms with Gasteiger partial charge in [-0.05, 0) is 37.6 Å². The first-order chi connectivity index (χ1) is 10.5. The second kappa shape index (κ2) is 7.42. The summed E-state index contributed by atoms with van der Waals surface area (Å²) in [4.78, 5) is 15.5. The van der Waals surface area contributed by atoms with Crippen molar-refractivity contribution in [3.63, 3.8) is 0 Å². The molecule has 0 amide bonds. The second-order valence-corrected chi connectivity index (χ2v) is 5.53. The minimum Gasteiger partial charge on any atom is -0.480 e. The van der Waals surface area contributed by atoms with Gasteiger partial charge in [0.2, 0.25) is 5.89 Å². The lowest BCUT2D eigenvalue weighted by Gasteiger charge is -2.11. The summed E-state index contributed by atoms with van der Waals surface area (Å²) in [6.45, 7) is 4.09. The number of aliphatic carboxylic acids is 1. The smallest absolute Gasteiger partial charge is 0.320 e. The van der Waals surface area contributed by atoms with Crippen LogP contribution in [-0.4, -0.2) is 22.1 Å². The number of carboxylic acids is 1. The van der Waals surface area contributed by atoms with Crippen LogP contribution in [0.25, 0.3) is 11.3 Å². The summed E-state index contributed by atoms with van der Waals surface area (Å²) in [6.07, 6.45) is 1.36. The summed E-state index contributed by atoms with van der Waals surface area (Å²) in [5, 5.41) is 12.7. The van der Waals surface area contributed by atoms with Crippen molar-refractivity contribution in [3.8, 4) is 11.3 Å². The van der Waals surface area contributed by atoms with Gasteiger partial charge in [0.25, 0.3) is 0 Å². The normalized spacial score (nSPS) is 12.3. The minimum atomic E-state index is -0.858. The maximum absolute atomic E-state index is 11.1. The molecule has 0 aliphatic rings. The van der Waals surface area contributed by atoms with E-state index < -0.39 is 12.0 Å². The summed E-state index contributed by atoms with van der Waals surface area (Å²) < 4.78 is 5.74. The van der Waals surface area contributed by atoms with Gasteiger partial charge in [-0.15, -0.1) is 0 Å². The molecule has 0 bridgehead atoms. The molecule has 5 nitrogen and oxygen atoms in total. The number of aryl methyl sites for hydroxylation is 1. The highest BCUT2D eigenvalue weighted by atomic mass is 35.5. The van der Waals surface area contributed by atoms with Gasteiger partial charge in [-0.2, -0.15) is 0 Å². The van der Waals surface area contributed by atoms with Gasteiger partial charge in [-0.3, -0.25) is 10.1 Å². The highest BCUT2D eigenvalue weighted by Gasteiger charge is 2.17. The average molecular weight is 323 g/mol. The second-order valence-electron chi connectivity index (χ2n) is 5.09. The summed E-state index contributed by atoms with van der Waals surface area (Å²) in [5.41, 5.74) is 1.66. The Morgan fingerprint density at radius 3 is 2.68 bits per heavy atom. The van der Waals surface area contributed by atoms with Crippen LogP contribution in [0.2, 0.25) is 5.02 Å². The Hall–Kier alpha value is -1.85. The fourth-order valence-corrected chi connectivity index (χ4v) is 2.34. The predicted molar refractivity (Wildman–Crippen MR) is 84.9 cm³/mol. The van der Waals surface area contributed by atoms with Gasteiger partial charge in [-0.1, -0.05) is 24.9 Å². The Bertz CT molecular complexity index is 637. The van der Waals surface area contributed by atoms with Gasteiger partial charge < -0.3 is 9.52 Å². The standard InChI is InChI=1S/C16H19ClN2O3/c1-3-4-13(16(20)21)18-9-14-19-10(2)15(22-14)11-5-7-12(17)8-6-11/h5-8,13,18H,3-4,9H2,1-2H3,(H,20,21). The number of aromatic nitrogens is 1. The molecule has 1 aromatic carbocycles. The van der Waals surface area contributed by atoms with E-state index in [1.165, 1.54) is 0 Å². The van der Waals surface area contributed by atoms with Gasteiger partial charge in [0.05, 0.1) is 12.2 Å². The Morgan fingerprint density at radius 2 is 2.09 bits per heavy atom. The van der Waals surface area contributed by atoms with E-state index in [0.717, 1.165) is 17.7 Å². The number of nitrogens with one attached hydrogen (secondary N) is 1. The minimum absolute atomic E-state index is 0.283. The summed E-state index contributed by atoms with van der Waals surface area (Å²) >= 11 is 5.88. The Kier molecular flexibility index (Phi) is 5.57. The molecule has 0 aliphatic carbocycles. The van der Waals surface area contributed by atoms with Crippen molar-refractivity contribution in [3.05, 3.63) is 40.9 Å². The zero-order valence-electron chi connectivity index (χ0n) is 12.6. The third kappa shape index (κ3) is 4.08. The quantitative estimate of drug-likeness (QED) is 0.814. The van der Waals surface area contributed by atoms with Crippen LogP contribution in [0.5, 0.6) is 0 Å². The number of hydrogen-bond acceptors (Lipinski definition) is 4. The Labute approximate surface area is 134 Å². The molecule has 22 heavy (non-hydrogen) atoms. The topological polar surface area (TPSA) is 75.4 Å². The first-order valence-corrected chi connectivity index (χ1v) is 7.57. The van der Waals surface area contributed by atoms with E-state index in [4.69, 9.17) is 21.1 Å². The number of carbonyl (C=O) groups is 1. The zero-order chi connectivity index (χ0) is 16.1. The highest BCUT2D eigenvalue weighted by Crippen LogP contribution is 2.25. The molecular formula is C16H19ClN2O3. The maximum atomic E-state index is 11.1. The van der Waals surface area contributed by atoms with Gasteiger partial charge in [-0.25, -0.2) is 4.98 Å². The molecule has 1 atom stereocenters. The van der Waals surface area contributed by atoms with Crippen molar-refractivity contribution in [2.24, 2.45) is 0 Å². The molecule has 6 heteroatoms. The van der Waals surface area contributed by atoms with Crippen molar-refractivity contribution >= 4 is 17.6 Å². The summed E-state index contributed by atoms with van der Waals surface area (Å²) in [5.74, 6) is 0.295. The molecular weight excluding hydrogens is 304 g/mol. The van der Waals surface area contributed by atoms with Crippen LogP contribution in [0.3, 0.4) is 0 Å². The van der Waals surface area contributed by atoms with Crippen LogP contribution in [0.1, 0.15) is 31.4 Å².